The summed E-state index contributed by atoms with van der Waals surface area (Å²) in [5.41, 5.74) is -0.0411. The lowest BCUT2D eigenvalue weighted by molar-refractivity contribution is -0.137. The molecule has 1 fully saturated rings. The zero-order valence-electron chi connectivity index (χ0n) is 13.4. The monoisotopic (exact) mass is 300 g/mol. The predicted molar refractivity (Wildman–Crippen MR) is 80.2 cm³/mol. The van der Waals surface area contributed by atoms with Gasteiger partial charge in [0.2, 0.25) is 0 Å². The molecule has 3 unspecified atom stereocenters. The van der Waals surface area contributed by atoms with Crippen molar-refractivity contribution in [2.75, 3.05) is 6.61 Å². The van der Waals surface area contributed by atoms with Gasteiger partial charge in [-0.15, -0.1) is 0 Å². The molecule has 1 saturated heterocycles. The normalized spacial score (nSPS) is 24.2. The second-order valence-electron chi connectivity index (χ2n) is 7.08. The van der Waals surface area contributed by atoms with Crippen molar-refractivity contribution < 1.29 is 19.4 Å². The SMILES string of the molecule is CC1CC(NC(=O)NC(CC(=O)O)CC(C)(C)C)CCO1. The first kappa shape index (κ1) is 17.8. The summed E-state index contributed by atoms with van der Waals surface area (Å²) in [6.07, 6.45) is 2.29. The summed E-state index contributed by atoms with van der Waals surface area (Å²) in [6.45, 7) is 8.72. The van der Waals surface area contributed by atoms with Crippen LogP contribution in [-0.2, 0) is 9.53 Å². The van der Waals surface area contributed by atoms with E-state index in [9.17, 15) is 9.59 Å². The van der Waals surface area contributed by atoms with Crippen LogP contribution < -0.4 is 10.6 Å². The molecule has 0 aromatic heterocycles. The lowest BCUT2D eigenvalue weighted by atomic mass is 9.87. The highest BCUT2D eigenvalue weighted by Gasteiger charge is 2.25. The topological polar surface area (TPSA) is 87.7 Å². The van der Waals surface area contributed by atoms with Gasteiger partial charge in [0.25, 0.3) is 0 Å². The van der Waals surface area contributed by atoms with E-state index < -0.39 is 5.97 Å². The van der Waals surface area contributed by atoms with E-state index in [0.29, 0.717) is 13.0 Å². The Kier molecular flexibility index (Phi) is 6.45. The van der Waals surface area contributed by atoms with Gasteiger partial charge in [-0.05, 0) is 31.6 Å². The molecule has 6 heteroatoms. The number of carbonyl (C=O) groups excluding carboxylic acids is 1. The molecule has 0 spiro atoms. The highest BCUT2D eigenvalue weighted by molar-refractivity contribution is 5.76. The summed E-state index contributed by atoms with van der Waals surface area (Å²) >= 11 is 0. The summed E-state index contributed by atoms with van der Waals surface area (Å²) < 4.78 is 5.44. The number of carboxylic acid groups (broad SMARTS) is 1. The highest BCUT2D eigenvalue weighted by atomic mass is 16.5. The van der Waals surface area contributed by atoms with E-state index in [1.807, 2.05) is 27.7 Å². The summed E-state index contributed by atoms with van der Waals surface area (Å²) in [7, 11) is 0. The zero-order valence-corrected chi connectivity index (χ0v) is 13.4. The van der Waals surface area contributed by atoms with Gasteiger partial charge in [0.15, 0.2) is 0 Å². The molecular weight excluding hydrogens is 272 g/mol. The van der Waals surface area contributed by atoms with Crippen molar-refractivity contribution in [2.45, 2.75) is 71.6 Å². The molecule has 3 N–H and O–H groups in total. The third kappa shape index (κ3) is 7.90. The summed E-state index contributed by atoms with van der Waals surface area (Å²) in [6, 6.07) is -0.557. The number of rotatable bonds is 5. The van der Waals surface area contributed by atoms with E-state index in [2.05, 4.69) is 10.6 Å². The first-order chi connectivity index (χ1) is 9.65. The Morgan fingerprint density at radius 1 is 1.38 bits per heavy atom. The van der Waals surface area contributed by atoms with Crippen molar-refractivity contribution in [2.24, 2.45) is 5.41 Å². The maximum Gasteiger partial charge on any atom is 0.315 e. The largest absolute Gasteiger partial charge is 0.481 e. The number of carbonyl (C=O) groups is 2. The fourth-order valence-corrected chi connectivity index (χ4v) is 2.67. The number of urea groups is 1. The van der Waals surface area contributed by atoms with Crippen molar-refractivity contribution in [1.82, 2.24) is 10.6 Å². The lowest BCUT2D eigenvalue weighted by Gasteiger charge is -2.30. The van der Waals surface area contributed by atoms with E-state index in [0.717, 1.165) is 12.8 Å². The Morgan fingerprint density at radius 2 is 2.05 bits per heavy atom. The Hall–Kier alpha value is -1.30. The highest BCUT2D eigenvalue weighted by Crippen LogP contribution is 2.22. The Morgan fingerprint density at radius 3 is 2.57 bits per heavy atom. The molecular formula is C15H28N2O4. The molecule has 0 aromatic carbocycles. The van der Waals surface area contributed by atoms with Gasteiger partial charge in [-0.1, -0.05) is 20.8 Å². The molecule has 3 atom stereocenters. The maximum atomic E-state index is 12.0. The second-order valence-corrected chi connectivity index (χ2v) is 7.08. The third-order valence-electron chi connectivity index (χ3n) is 3.44. The van der Waals surface area contributed by atoms with Crippen molar-refractivity contribution in [1.29, 1.82) is 0 Å². The molecule has 1 aliphatic heterocycles. The number of amides is 2. The fraction of sp³-hybridized carbons (Fsp3) is 0.867. The van der Waals surface area contributed by atoms with Gasteiger partial charge in [0.05, 0.1) is 12.5 Å². The quantitative estimate of drug-likeness (QED) is 0.726. The maximum absolute atomic E-state index is 12.0. The van der Waals surface area contributed by atoms with Gasteiger partial charge in [0, 0.05) is 18.7 Å². The van der Waals surface area contributed by atoms with Crippen LogP contribution in [0.4, 0.5) is 4.79 Å². The number of ether oxygens (including phenoxy) is 1. The third-order valence-corrected chi connectivity index (χ3v) is 3.44. The van der Waals surface area contributed by atoms with Crippen LogP contribution >= 0.6 is 0 Å². The van der Waals surface area contributed by atoms with Crippen LogP contribution in [-0.4, -0.2) is 41.9 Å². The average molecular weight is 300 g/mol. The molecule has 6 nitrogen and oxygen atoms in total. The number of nitrogens with one attached hydrogen (secondary N) is 2. The Balaban J connectivity index is 2.48. The molecule has 0 bridgehead atoms. The molecule has 2 amide bonds. The number of hydrogen-bond donors (Lipinski definition) is 3. The van der Waals surface area contributed by atoms with Gasteiger partial charge < -0.3 is 20.5 Å². The van der Waals surface area contributed by atoms with Gasteiger partial charge in [-0.2, -0.15) is 0 Å². The molecule has 122 valence electrons. The van der Waals surface area contributed by atoms with Crippen molar-refractivity contribution in [3.63, 3.8) is 0 Å². The molecule has 1 rings (SSSR count). The van der Waals surface area contributed by atoms with Crippen LogP contribution in [0.5, 0.6) is 0 Å². The fourth-order valence-electron chi connectivity index (χ4n) is 2.67. The van der Waals surface area contributed by atoms with Crippen LogP contribution in [0.15, 0.2) is 0 Å². The van der Waals surface area contributed by atoms with Gasteiger partial charge in [-0.25, -0.2) is 4.79 Å². The van der Waals surface area contributed by atoms with Gasteiger partial charge in [0.1, 0.15) is 0 Å². The van der Waals surface area contributed by atoms with Crippen LogP contribution in [0, 0.1) is 5.41 Å². The molecule has 1 heterocycles. The van der Waals surface area contributed by atoms with E-state index in [4.69, 9.17) is 9.84 Å². The zero-order chi connectivity index (χ0) is 16.0. The average Bonchev–Trinajstić information content (AvgIpc) is 2.24. The number of aliphatic carboxylic acids is 1. The number of hydrogen-bond acceptors (Lipinski definition) is 3. The Labute approximate surface area is 126 Å². The van der Waals surface area contributed by atoms with E-state index in [1.165, 1.54) is 0 Å². The molecule has 0 aliphatic carbocycles. The molecule has 21 heavy (non-hydrogen) atoms. The number of carboxylic acids is 1. The van der Waals surface area contributed by atoms with E-state index >= 15 is 0 Å². The van der Waals surface area contributed by atoms with Crippen molar-refractivity contribution >= 4 is 12.0 Å². The molecule has 0 radical (unpaired) electrons. The predicted octanol–water partition coefficient (Wildman–Crippen LogP) is 2.13. The van der Waals surface area contributed by atoms with Crippen LogP contribution in [0.1, 0.15) is 53.4 Å². The second kappa shape index (κ2) is 7.64. The van der Waals surface area contributed by atoms with Crippen molar-refractivity contribution in [3.05, 3.63) is 0 Å². The van der Waals surface area contributed by atoms with Gasteiger partial charge >= 0.3 is 12.0 Å². The molecule has 0 aromatic rings. The van der Waals surface area contributed by atoms with Crippen LogP contribution in [0.25, 0.3) is 0 Å². The molecule has 1 aliphatic rings. The van der Waals surface area contributed by atoms with Crippen LogP contribution in [0.3, 0.4) is 0 Å². The molecule has 0 saturated carbocycles. The first-order valence-corrected chi connectivity index (χ1v) is 7.56. The van der Waals surface area contributed by atoms with E-state index in [-0.39, 0.29) is 36.1 Å². The minimum Gasteiger partial charge on any atom is -0.481 e. The standard InChI is InChI=1S/C15H28N2O4/c1-10-7-11(5-6-21-10)16-14(20)17-12(8-13(18)19)9-15(2,3)4/h10-12H,5-9H2,1-4H3,(H,18,19)(H2,16,17,20). The van der Waals surface area contributed by atoms with Crippen molar-refractivity contribution in [3.8, 4) is 0 Å². The lowest BCUT2D eigenvalue weighted by Crippen LogP contribution is -2.49. The first-order valence-electron chi connectivity index (χ1n) is 7.56. The summed E-state index contributed by atoms with van der Waals surface area (Å²) in [5.74, 6) is -0.899. The van der Waals surface area contributed by atoms with Crippen LogP contribution in [0.2, 0.25) is 0 Å². The minimum absolute atomic E-state index is 0.0411. The van der Waals surface area contributed by atoms with E-state index in [1.54, 1.807) is 0 Å². The summed E-state index contributed by atoms with van der Waals surface area (Å²) in [5, 5.41) is 14.7. The minimum atomic E-state index is -0.899. The Bertz CT molecular complexity index is 365. The summed E-state index contributed by atoms with van der Waals surface area (Å²) in [4.78, 5) is 23.0. The smallest absolute Gasteiger partial charge is 0.315 e. The van der Waals surface area contributed by atoms with Gasteiger partial charge in [-0.3, -0.25) is 4.79 Å².